The number of rotatable bonds is 4. The van der Waals surface area contributed by atoms with Crippen LogP contribution >= 0.6 is 11.3 Å². The first-order valence-corrected chi connectivity index (χ1v) is 10.1. The van der Waals surface area contributed by atoms with E-state index in [-0.39, 0.29) is 18.5 Å². The van der Waals surface area contributed by atoms with Crippen LogP contribution in [0.1, 0.15) is 45.4 Å². The highest BCUT2D eigenvalue weighted by Crippen LogP contribution is 2.34. The second-order valence-corrected chi connectivity index (χ2v) is 8.21. The molecule has 26 heavy (non-hydrogen) atoms. The van der Waals surface area contributed by atoms with Gasteiger partial charge in [-0.25, -0.2) is 4.79 Å². The molecule has 4 rings (SSSR count). The molecule has 1 aliphatic carbocycles. The van der Waals surface area contributed by atoms with Gasteiger partial charge in [-0.3, -0.25) is 4.79 Å². The van der Waals surface area contributed by atoms with Crippen molar-refractivity contribution < 1.29 is 14.3 Å². The normalized spacial score (nSPS) is 18.3. The first kappa shape index (κ1) is 17.3. The number of nitrogens with zero attached hydrogens (tertiary/aromatic N) is 1. The molecule has 2 aliphatic rings. The molecule has 1 aliphatic heterocycles. The highest BCUT2D eigenvalue weighted by molar-refractivity contribution is 7.14. The minimum atomic E-state index is -0.377. The number of benzene rings is 1. The Morgan fingerprint density at radius 2 is 2.08 bits per heavy atom. The molecule has 1 atom stereocenters. The van der Waals surface area contributed by atoms with E-state index in [4.69, 9.17) is 4.74 Å². The fraction of sp³-hybridized carbons (Fsp3) is 0.429. The van der Waals surface area contributed by atoms with E-state index < -0.39 is 0 Å². The van der Waals surface area contributed by atoms with Crippen LogP contribution in [0.4, 0.5) is 5.69 Å². The molecule has 0 saturated carbocycles. The second kappa shape index (κ2) is 7.23. The van der Waals surface area contributed by atoms with Crippen LogP contribution in [-0.2, 0) is 28.8 Å². The lowest BCUT2D eigenvalue weighted by Crippen LogP contribution is -2.33. The van der Waals surface area contributed by atoms with E-state index in [1.54, 1.807) is 4.90 Å². The third-order valence-corrected chi connectivity index (χ3v) is 6.70. The molecule has 136 valence electrons. The van der Waals surface area contributed by atoms with E-state index in [0.29, 0.717) is 11.4 Å². The average Bonchev–Trinajstić information content (AvgIpc) is 3.29. The summed E-state index contributed by atoms with van der Waals surface area (Å²) < 4.78 is 5.33. The number of fused-ring (bicyclic) bond motifs is 2. The molecule has 0 spiro atoms. The van der Waals surface area contributed by atoms with Crippen LogP contribution < -0.4 is 4.90 Å². The Morgan fingerprint density at radius 3 is 2.92 bits per heavy atom. The number of hydrogen-bond donors (Lipinski definition) is 0. The Bertz CT molecular complexity index is 842. The molecule has 0 N–H and O–H groups in total. The third kappa shape index (κ3) is 3.28. The number of esters is 1. The highest BCUT2D eigenvalue weighted by atomic mass is 32.1. The molecule has 0 radical (unpaired) electrons. The van der Waals surface area contributed by atoms with Crippen molar-refractivity contribution in [2.24, 2.45) is 5.92 Å². The molecular weight excluding hydrogens is 346 g/mol. The van der Waals surface area contributed by atoms with Gasteiger partial charge in [-0.05, 0) is 54.9 Å². The SMILES string of the molecule is CC[C@H]1CCc2sc(C(=O)OCC(=O)N3CCc4ccccc43)cc2C1. The van der Waals surface area contributed by atoms with Crippen molar-refractivity contribution in [3.05, 3.63) is 51.2 Å². The van der Waals surface area contributed by atoms with Crippen LogP contribution in [0, 0.1) is 5.92 Å². The fourth-order valence-electron chi connectivity index (χ4n) is 3.92. The number of amides is 1. The smallest absolute Gasteiger partial charge is 0.348 e. The van der Waals surface area contributed by atoms with Crippen LogP contribution in [0.3, 0.4) is 0 Å². The number of carbonyl (C=O) groups excluding carboxylic acids is 2. The van der Waals surface area contributed by atoms with Gasteiger partial charge in [-0.1, -0.05) is 31.5 Å². The van der Waals surface area contributed by atoms with E-state index in [9.17, 15) is 9.59 Å². The van der Waals surface area contributed by atoms with Crippen molar-refractivity contribution in [2.75, 3.05) is 18.1 Å². The number of thiophene rings is 1. The van der Waals surface area contributed by atoms with Gasteiger partial charge in [-0.2, -0.15) is 0 Å². The summed E-state index contributed by atoms with van der Waals surface area (Å²) in [5.41, 5.74) is 3.40. The summed E-state index contributed by atoms with van der Waals surface area (Å²) in [6.07, 6.45) is 5.34. The zero-order chi connectivity index (χ0) is 18.1. The summed E-state index contributed by atoms with van der Waals surface area (Å²) in [7, 11) is 0. The van der Waals surface area contributed by atoms with Crippen molar-refractivity contribution in [3.8, 4) is 0 Å². The van der Waals surface area contributed by atoms with Crippen molar-refractivity contribution in [2.45, 2.75) is 39.0 Å². The quantitative estimate of drug-likeness (QED) is 0.765. The molecule has 0 unspecified atom stereocenters. The topological polar surface area (TPSA) is 46.6 Å². The van der Waals surface area contributed by atoms with Crippen molar-refractivity contribution in [1.82, 2.24) is 0 Å². The number of ether oxygens (including phenoxy) is 1. The lowest BCUT2D eigenvalue weighted by Gasteiger charge is -2.19. The number of para-hydroxylation sites is 1. The van der Waals surface area contributed by atoms with E-state index in [1.165, 1.54) is 40.2 Å². The minimum absolute atomic E-state index is 0.157. The van der Waals surface area contributed by atoms with E-state index in [1.807, 2.05) is 30.3 Å². The largest absolute Gasteiger partial charge is 0.451 e. The molecular formula is C21H23NO3S. The zero-order valence-corrected chi connectivity index (χ0v) is 15.8. The molecule has 2 aromatic rings. The maximum absolute atomic E-state index is 12.5. The maximum Gasteiger partial charge on any atom is 0.348 e. The zero-order valence-electron chi connectivity index (χ0n) is 15.0. The van der Waals surface area contributed by atoms with Crippen LogP contribution in [0.15, 0.2) is 30.3 Å². The fourth-order valence-corrected chi connectivity index (χ4v) is 5.02. The molecule has 0 bridgehead atoms. The van der Waals surface area contributed by atoms with Gasteiger partial charge >= 0.3 is 5.97 Å². The molecule has 0 saturated heterocycles. The van der Waals surface area contributed by atoms with Gasteiger partial charge in [0.05, 0.1) is 0 Å². The van der Waals surface area contributed by atoms with Gasteiger partial charge < -0.3 is 9.64 Å². The number of aryl methyl sites for hydroxylation is 1. The second-order valence-electron chi connectivity index (χ2n) is 7.08. The lowest BCUT2D eigenvalue weighted by atomic mass is 9.87. The molecule has 0 fully saturated rings. The monoisotopic (exact) mass is 369 g/mol. The van der Waals surface area contributed by atoms with Gasteiger partial charge in [0.2, 0.25) is 0 Å². The Morgan fingerprint density at radius 1 is 1.23 bits per heavy atom. The maximum atomic E-state index is 12.5. The standard InChI is InChI=1S/C21H23NO3S/c1-2-14-7-8-18-16(11-14)12-19(26-18)21(24)25-13-20(23)22-10-9-15-5-3-4-6-17(15)22/h3-6,12,14H,2,7-11,13H2,1H3/t14-/m0/s1. The van der Waals surface area contributed by atoms with Crippen LogP contribution in [0.5, 0.6) is 0 Å². The van der Waals surface area contributed by atoms with E-state index in [2.05, 4.69) is 6.92 Å². The Kier molecular flexibility index (Phi) is 4.81. The number of hydrogen-bond acceptors (Lipinski definition) is 4. The third-order valence-electron chi connectivity index (χ3n) is 5.48. The van der Waals surface area contributed by atoms with Gasteiger partial charge in [0.25, 0.3) is 5.91 Å². The predicted molar refractivity (Wildman–Crippen MR) is 103 cm³/mol. The predicted octanol–water partition coefficient (Wildman–Crippen LogP) is 4.01. The first-order valence-electron chi connectivity index (χ1n) is 9.32. The summed E-state index contributed by atoms with van der Waals surface area (Å²) in [6, 6.07) is 9.86. The van der Waals surface area contributed by atoms with Gasteiger partial charge in [-0.15, -0.1) is 11.3 Å². The van der Waals surface area contributed by atoms with Crippen LogP contribution in [0.2, 0.25) is 0 Å². The Balaban J connectivity index is 1.38. The summed E-state index contributed by atoms with van der Waals surface area (Å²) in [5, 5.41) is 0. The average molecular weight is 369 g/mol. The van der Waals surface area contributed by atoms with Crippen molar-refractivity contribution >= 4 is 28.9 Å². The molecule has 4 nitrogen and oxygen atoms in total. The summed E-state index contributed by atoms with van der Waals surface area (Å²) in [6.45, 7) is 2.67. The molecule has 1 amide bonds. The molecule has 1 aromatic carbocycles. The first-order chi connectivity index (χ1) is 12.7. The summed E-state index contributed by atoms with van der Waals surface area (Å²) in [5.74, 6) is 0.187. The van der Waals surface area contributed by atoms with Crippen molar-refractivity contribution in [1.29, 1.82) is 0 Å². The van der Waals surface area contributed by atoms with Gasteiger partial charge in [0.15, 0.2) is 6.61 Å². The van der Waals surface area contributed by atoms with Crippen LogP contribution in [0.25, 0.3) is 0 Å². The van der Waals surface area contributed by atoms with Crippen molar-refractivity contribution in [3.63, 3.8) is 0 Å². The van der Waals surface area contributed by atoms with E-state index >= 15 is 0 Å². The van der Waals surface area contributed by atoms with E-state index in [0.717, 1.165) is 30.9 Å². The summed E-state index contributed by atoms with van der Waals surface area (Å²) in [4.78, 5) is 28.5. The number of anilines is 1. The molecule has 1 aromatic heterocycles. The van der Waals surface area contributed by atoms with Gasteiger partial charge in [0.1, 0.15) is 4.88 Å². The van der Waals surface area contributed by atoms with Crippen LogP contribution in [-0.4, -0.2) is 25.0 Å². The highest BCUT2D eigenvalue weighted by Gasteiger charge is 2.26. The molecule has 5 heteroatoms. The molecule has 2 heterocycles. The Hall–Kier alpha value is -2.14. The summed E-state index contributed by atoms with van der Waals surface area (Å²) >= 11 is 1.53. The van der Waals surface area contributed by atoms with Gasteiger partial charge in [0, 0.05) is 17.1 Å². The number of carbonyl (C=O) groups is 2. The minimum Gasteiger partial charge on any atom is -0.451 e. The lowest BCUT2D eigenvalue weighted by molar-refractivity contribution is -0.121. The Labute approximate surface area is 157 Å².